The number of urea groups is 1. The molecule has 0 aliphatic carbocycles. The molecule has 1 fully saturated rings. The van der Waals surface area contributed by atoms with Crippen molar-refractivity contribution >= 4 is 61.3 Å². The van der Waals surface area contributed by atoms with E-state index in [1.165, 1.54) is 42.6 Å². The number of nitrogens with one attached hydrogen (secondary N) is 3. The van der Waals surface area contributed by atoms with E-state index in [1.807, 2.05) is 16.9 Å². The molecule has 3 heterocycles. The Bertz CT molecular complexity index is 1700. The summed E-state index contributed by atoms with van der Waals surface area (Å²) in [6, 6.07) is 13.9. The molecular weight excluding hydrogens is 572 g/mol. The molecule has 2 amide bonds. The third-order valence-corrected chi connectivity index (χ3v) is 9.69. The Balaban J connectivity index is 1.25. The normalized spacial score (nSPS) is 13.9. The number of carbonyl (C=O) groups excluding carboxylic acids is 1. The number of aryl methyl sites for hydroxylation is 1. The van der Waals surface area contributed by atoms with Gasteiger partial charge < -0.3 is 15.5 Å². The minimum absolute atomic E-state index is 0.0675. The molecule has 2 aromatic heterocycles. The van der Waals surface area contributed by atoms with E-state index in [9.17, 15) is 18.0 Å². The van der Waals surface area contributed by atoms with Crippen LogP contribution in [-0.2, 0) is 10.0 Å². The Morgan fingerprint density at radius 3 is 2.48 bits per heavy atom. The molecule has 210 valence electrons. The Morgan fingerprint density at radius 1 is 1.05 bits per heavy atom. The maximum Gasteiger partial charge on any atom is 0.333 e. The van der Waals surface area contributed by atoms with Crippen molar-refractivity contribution in [3.05, 3.63) is 75.1 Å². The van der Waals surface area contributed by atoms with Crippen molar-refractivity contribution in [1.29, 1.82) is 0 Å². The molecule has 40 heavy (non-hydrogen) atoms. The first-order valence-corrected chi connectivity index (χ1v) is 15.6. The number of halogens is 1. The number of benzene rings is 2. The van der Waals surface area contributed by atoms with Crippen LogP contribution in [0, 0.1) is 6.92 Å². The molecule has 5 rings (SSSR count). The topological polar surface area (TPSA) is 125 Å². The number of rotatable bonds is 9. The van der Waals surface area contributed by atoms with Gasteiger partial charge in [0.2, 0.25) is 0 Å². The van der Waals surface area contributed by atoms with Crippen LogP contribution in [0.1, 0.15) is 25.1 Å². The number of hydrogen-bond acceptors (Lipinski definition) is 8. The largest absolute Gasteiger partial charge is 0.385 e. The summed E-state index contributed by atoms with van der Waals surface area (Å²) in [4.78, 5) is 32.8. The number of fused-ring (bicyclic) bond motifs is 1. The quantitative estimate of drug-likeness (QED) is 0.235. The standard InChI is InChI=1S/C27H29ClN6O4S2/c1-18-30-23-17-20(29-13-4-16-33-14-2-3-15-33)7-10-22(23)26(35)34(18)21-8-5-19(6-9-21)31-27(36)32-40(37,38)25-12-11-24(28)39-25/h5-12,17,29H,2-4,13-16H2,1H3,(H2,31,32,36). The third kappa shape index (κ3) is 6.47. The highest BCUT2D eigenvalue weighted by atomic mass is 35.5. The molecule has 4 aromatic rings. The van der Waals surface area contributed by atoms with Crippen LogP contribution in [0.3, 0.4) is 0 Å². The molecule has 10 nitrogen and oxygen atoms in total. The number of likely N-dealkylation sites (tertiary alicyclic amines) is 1. The van der Waals surface area contributed by atoms with Crippen molar-refractivity contribution in [2.75, 3.05) is 36.8 Å². The highest BCUT2D eigenvalue weighted by Crippen LogP contribution is 2.25. The lowest BCUT2D eigenvalue weighted by molar-refractivity contribution is 0.256. The predicted octanol–water partition coefficient (Wildman–Crippen LogP) is 4.82. The first kappa shape index (κ1) is 28.1. The Hall–Kier alpha value is -3.45. The zero-order valence-corrected chi connectivity index (χ0v) is 24.2. The van der Waals surface area contributed by atoms with Gasteiger partial charge in [0.05, 0.1) is 20.9 Å². The third-order valence-electron chi connectivity index (χ3n) is 6.64. The van der Waals surface area contributed by atoms with Gasteiger partial charge in [-0.3, -0.25) is 9.36 Å². The number of carbonyl (C=O) groups is 1. The summed E-state index contributed by atoms with van der Waals surface area (Å²) in [5.41, 5.74) is 2.25. The van der Waals surface area contributed by atoms with Gasteiger partial charge in [0.1, 0.15) is 10.0 Å². The Kier molecular flexibility index (Phi) is 8.40. The minimum atomic E-state index is -4.04. The van der Waals surface area contributed by atoms with Crippen LogP contribution >= 0.6 is 22.9 Å². The second-order valence-corrected chi connectivity index (χ2v) is 13.1. The molecule has 0 spiro atoms. The first-order valence-electron chi connectivity index (χ1n) is 12.9. The fourth-order valence-corrected chi connectivity index (χ4v) is 7.11. The van der Waals surface area contributed by atoms with Crippen LogP contribution in [0.4, 0.5) is 16.2 Å². The van der Waals surface area contributed by atoms with E-state index in [1.54, 1.807) is 37.3 Å². The average molecular weight is 601 g/mol. The molecule has 2 aromatic carbocycles. The fraction of sp³-hybridized carbons (Fsp3) is 0.296. The molecule has 1 aliphatic rings. The molecule has 3 N–H and O–H groups in total. The van der Waals surface area contributed by atoms with Gasteiger partial charge in [-0.25, -0.2) is 22.9 Å². The SMILES string of the molecule is Cc1nc2cc(NCCCN3CCCC3)ccc2c(=O)n1-c1ccc(NC(=O)NS(=O)(=O)c2ccc(Cl)s2)cc1. The van der Waals surface area contributed by atoms with Gasteiger partial charge in [-0.05, 0) is 100 Å². The average Bonchev–Trinajstić information content (AvgIpc) is 3.59. The van der Waals surface area contributed by atoms with E-state index in [2.05, 4.69) is 20.5 Å². The molecule has 0 radical (unpaired) electrons. The van der Waals surface area contributed by atoms with E-state index in [-0.39, 0.29) is 9.77 Å². The summed E-state index contributed by atoms with van der Waals surface area (Å²) < 4.78 is 28.3. The molecule has 0 unspecified atom stereocenters. The molecule has 1 saturated heterocycles. The number of thiophene rings is 1. The van der Waals surface area contributed by atoms with Crippen LogP contribution in [0.5, 0.6) is 0 Å². The van der Waals surface area contributed by atoms with Gasteiger partial charge in [-0.15, -0.1) is 11.3 Å². The van der Waals surface area contributed by atoms with Gasteiger partial charge in [0.15, 0.2) is 0 Å². The summed E-state index contributed by atoms with van der Waals surface area (Å²) in [5, 5.41) is 6.41. The number of amides is 2. The van der Waals surface area contributed by atoms with Crippen molar-refractivity contribution in [1.82, 2.24) is 19.2 Å². The lowest BCUT2D eigenvalue weighted by atomic mass is 10.2. The van der Waals surface area contributed by atoms with Crippen LogP contribution in [-0.4, -0.2) is 55.1 Å². The van der Waals surface area contributed by atoms with E-state index in [0.29, 0.717) is 32.4 Å². The zero-order chi connectivity index (χ0) is 28.3. The number of aromatic nitrogens is 2. The van der Waals surface area contributed by atoms with Crippen LogP contribution in [0.2, 0.25) is 4.34 Å². The van der Waals surface area contributed by atoms with Crippen molar-refractivity contribution in [3.8, 4) is 5.69 Å². The van der Waals surface area contributed by atoms with Crippen LogP contribution < -0.4 is 20.9 Å². The molecule has 0 bridgehead atoms. The van der Waals surface area contributed by atoms with E-state index in [4.69, 9.17) is 11.6 Å². The van der Waals surface area contributed by atoms with Crippen molar-refractivity contribution in [2.45, 2.75) is 30.4 Å². The number of hydrogen-bond donors (Lipinski definition) is 3. The smallest absolute Gasteiger partial charge is 0.333 e. The first-order chi connectivity index (χ1) is 19.2. The molecule has 13 heteroatoms. The van der Waals surface area contributed by atoms with Crippen LogP contribution in [0.25, 0.3) is 16.6 Å². The number of sulfonamides is 1. The monoisotopic (exact) mass is 600 g/mol. The summed E-state index contributed by atoms with van der Waals surface area (Å²) in [5.74, 6) is 0.517. The molecule has 0 saturated carbocycles. The molecular formula is C27H29ClN6O4S2. The highest BCUT2D eigenvalue weighted by Gasteiger charge is 2.20. The van der Waals surface area contributed by atoms with Crippen molar-refractivity contribution in [2.24, 2.45) is 0 Å². The minimum Gasteiger partial charge on any atom is -0.385 e. The van der Waals surface area contributed by atoms with Gasteiger partial charge >= 0.3 is 6.03 Å². The van der Waals surface area contributed by atoms with Gasteiger partial charge in [-0.1, -0.05) is 11.6 Å². The second kappa shape index (κ2) is 12.0. The summed E-state index contributed by atoms with van der Waals surface area (Å²) in [7, 11) is -4.04. The maximum atomic E-state index is 13.4. The maximum absolute atomic E-state index is 13.4. The van der Waals surface area contributed by atoms with Gasteiger partial charge in [0.25, 0.3) is 15.6 Å². The van der Waals surface area contributed by atoms with Crippen LogP contribution in [0.15, 0.2) is 63.6 Å². The van der Waals surface area contributed by atoms with Crippen molar-refractivity contribution < 1.29 is 13.2 Å². The van der Waals surface area contributed by atoms with E-state index < -0.39 is 16.1 Å². The molecule has 1 aliphatic heterocycles. The number of anilines is 2. The van der Waals surface area contributed by atoms with E-state index in [0.717, 1.165) is 36.5 Å². The van der Waals surface area contributed by atoms with E-state index >= 15 is 0 Å². The van der Waals surface area contributed by atoms with Gasteiger partial charge in [-0.2, -0.15) is 0 Å². The lowest BCUT2D eigenvalue weighted by Crippen LogP contribution is -2.33. The summed E-state index contributed by atoms with van der Waals surface area (Å²) >= 11 is 6.64. The number of nitrogens with zero attached hydrogens (tertiary/aromatic N) is 3. The second-order valence-electron chi connectivity index (χ2n) is 9.53. The highest BCUT2D eigenvalue weighted by molar-refractivity contribution is 7.92. The fourth-order valence-electron chi connectivity index (χ4n) is 4.72. The lowest BCUT2D eigenvalue weighted by Gasteiger charge is -2.15. The predicted molar refractivity (Wildman–Crippen MR) is 160 cm³/mol. The molecule has 0 atom stereocenters. The summed E-state index contributed by atoms with van der Waals surface area (Å²) in [6.07, 6.45) is 3.63. The Morgan fingerprint density at radius 2 is 1.77 bits per heavy atom. The van der Waals surface area contributed by atoms with Gasteiger partial charge in [0, 0.05) is 17.9 Å². The summed E-state index contributed by atoms with van der Waals surface area (Å²) in [6.45, 7) is 6.08. The van der Waals surface area contributed by atoms with Crippen molar-refractivity contribution in [3.63, 3.8) is 0 Å². The zero-order valence-electron chi connectivity index (χ0n) is 21.8. The Labute approximate surface area is 241 Å².